The molecule has 1 fully saturated rings. The highest BCUT2D eigenvalue weighted by atomic mass is 35.5. The summed E-state index contributed by atoms with van der Waals surface area (Å²) in [7, 11) is 3.08. The number of methoxy groups -OCH3 is 2. The van der Waals surface area contributed by atoms with Crippen LogP contribution >= 0.6 is 23.2 Å². The molecular weight excluding hydrogens is 399 g/mol. The van der Waals surface area contributed by atoms with Gasteiger partial charge in [-0.25, -0.2) is 0 Å². The summed E-state index contributed by atoms with van der Waals surface area (Å²) in [4.78, 5) is 15.2. The molecule has 1 aliphatic heterocycles. The van der Waals surface area contributed by atoms with Crippen molar-refractivity contribution in [2.24, 2.45) is 5.92 Å². The van der Waals surface area contributed by atoms with Gasteiger partial charge in [0.25, 0.3) is 0 Å². The highest BCUT2D eigenvalue weighted by molar-refractivity contribution is 6.32. The fraction of sp³-hybridized carbons (Fsp3) is 0.381. The van der Waals surface area contributed by atoms with E-state index in [2.05, 4.69) is 10.2 Å². The molecule has 7 heteroatoms. The Bertz CT molecular complexity index is 844. The molecule has 0 bridgehead atoms. The Balaban J connectivity index is 1.68. The third-order valence-corrected chi connectivity index (χ3v) is 5.62. The van der Waals surface area contributed by atoms with Crippen LogP contribution in [0.2, 0.25) is 10.0 Å². The summed E-state index contributed by atoms with van der Waals surface area (Å²) in [6, 6.07) is 11.1. The fourth-order valence-electron chi connectivity index (χ4n) is 3.47. The number of ether oxygens (including phenoxy) is 2. The lowest BCUT2D eigenvalue weighted by atomic mass is 9.96. The molecule has 1 heterocycles. The normalized spacial score (nSPS) is 17.2. The zero-order valence-electron chi connectivity index (χ0n) is 16.0. The highest BCUT2D eigenvalue weighted by Gasteiger charge is 2.27. The van der Waals surface area contributed by atoms with Gasteiger partial charge in [-0.15, -0.1) is 0 Å². The number of carbonyl (C=O) groups excluding carboxylic acids is 1. The predicted molar refractivity (Wildman–Crippen MR) is 113 cm³/mol. The van der Waals surface area contributed by atoms with E-state index in [1.165, 1.54) is 7.11 Å². The second-order valence-electron chi connectivity index (χ2n) is 6.84. The Morgan fingerprint density at radius 3 is 2.61 bits per heavy atom. The monoisotopic (exact) mass is 422 g/mol. The number of hydrogen-bond donors (Lipinski definition) is 1. The Hall–Kier alpha value is -1.95. The van der Waals surface area contributed by atoms with Gasteiger partial charge in [0, 0.05) is 30.2 Å². The van der Waals surface area contributed by atoms with Crippen LogP contribution in [0.4, 0.5) is 5.69 Å². The number of piperidine rings is 1. The van der Waals surface area contributed by atoms with Crippen molar-refractivity contribution in [2.45, 2.75) is 19.4 Å². The number of amides is 1. The minimum Gasteiger partial charge on any atom is -0.495 e. The fourth-order valence-corrected chi connectivity index (χ4v) is 3.90. The number of anilines is 1. The van der Waals surface area contributed by atoms with E-state index in [0.29, 0.717) is 28.8 Å². The smallest absolute Gasteiger partial charge is 0.228 e. The maximum absolute atomic E-state index is 12.9. The minimum absolute atomic E-state index is 0.0356. The van der Waals surface area contributed by atoms with Crippen LogP contribution in [-0.4, -0.2) is 38.1 Å². The molecule has 1 amide bonds. The molecule has 0 radical (unpaired) electrons. The van der Waals surface area contributed by atoms with Crippen LogP contribution in [0, 0.1) is 5.92 Å². The number of nitrogens with zero attached hydrogens (tertiary/aromatic N) is 1. The van der Waals surface area contributed by atoms with Crippen molar-refractivity contribution in [2.75, 3.05) is 32.6 Å². The molecule has 1 aliphatic rings. The van der Waals surface area contributed by atoms with Crippen LogP contribution < -0.4 is 14.8 Å². The molecule has 1 atom stereocenters. The summed E-state index contributed by atoms with van der Waals surface area (Å²) < 4.78 is 10.6. The first-order chi connectivity index (χ1) is 13.5. The quantitative estimate of drug-likeness (QED) is 0.721. The molecule has 2 aromatic rings. The predicted octanol–water partition coefficient (Wildman–Crippen LogP) is 4.86. The van der Waals surface area contributed by atoms with Crippen LogP contribution in [0.15, 0.2) is 36.4 Å². The largest absolute Gasteiger partial charge is 0.495 e. The minimum atomic E-state index is -0.109. The SMILES string of the molecule is COc1cc(NC(=O)[C@@H]2CCCN(Cc3ccccc3Cl)C2)c(OC)cc1Cl. The Morgan fingerprint density at radius 1 is 1.14 bits per heavy atom. The van der Waals surface area contributed by atoms with E-state index in [1.807, 2.05) is 24.3 Å². The molecule has 5 nitrogen and oxygen atoms in total. The standard InChI is InChI=1S/C21H24Cl2N2O3/c1-27-19-11-18(20(28-2)10-17(19)23)24-21(26)15-7-5-9-25(13-15)12-14-6-3-4-8-16(14)22/h3-4,6,8,10-11,15H,5,7,9,12-13H2,1-2H3,(H,24,26)/t15-/m1/s1. The molecular formula is C21H24Cl2N2O3. The first-order valence-corrected chi connectivity index (χ1v) is 9.95. The number of benzene rings is 2. The van der Waals surface area contributed by atoms with Gasteiger partial charge in [0.2, 0.25) is 5.91 Å². The topological polar surface area (TPSA) is 50.8 Å². The maximum Gasteiger partial charge on any atom is 0.228 e. The lowest BCUT2D eigenvalue weighted by molar-refractivity contribution is -0.121. The van der Waals surface area contributed by atoms with E-state index in [4.69, 9.17) is 32.7 Å². The Kier molecular flexibility index (Phi) is 7.05. The number of halogens is 2. The third kappa shape index (κ3) is 4.90. The third-order valence-electron chi connectivity index (χ3n) is 4.96. The van der Waals surface area contributed by atoms with Crippen LogP contribution in [0.1, 0.15) is 18.4 Å². The molecule has 0 aliphatic carbocycles. The van der Waals surface area contributed by atoms with Gasteiger partial charge in [0.15, 0.2) is 0 Å². The van der Waals surface area contributed by atoms with Crippen LogP contribution in [0.25, 0.3) is 0 Å². The lowest BCUT2D eigenvalue weighted by Crippen LogP contribution is -2.40. The number of carbonyl (C=O) groups is 1. The van der Waals surface area contributed by atoms with E-state index >= 15 is 0 Å². The van der Waals surface area contributed by atoms with Crippen molar-refractivity contribution in [1.29, 1.82) is 0 Å². The number of nitrogens with one attached hydrogen (secondary N) is 1. The van der Waals surface area contributed by atoms with E-state index in [9.17, 15) is 4.79 Å². The summed E-state index contributed by atoms with van der Waals surface area (Å²) in [5.41, 5.74) is 1.63. The van der Waals surface area contributed by atoms with E-state index in [1.54, 1.807) is 19.2 Å². The number of likely N-dealkylation sites (tertiary alicyclic amines) is 1. The maximum atomic E-state index is 12.9. The Morgan fingerprint density at radius 2 is 1.89 bits per heavy atom. The van der Waals surface area contributed by atoms with Gasteiger partial charge >= 0.3 is 0 Å². The molecule has 28 heavy (non-hydrogen) atoms. The molecule has 1 N–H and O–H groups in total. The van der Waals surface area contributed by atoms with Crippen molar-refractivity contribution in [3.8, 4) is 11.5 Å². The van der Waals surface area contributed by atoms with Gasteiger partial charge in [-0.2, -0.15) is 0 Å². The lowest BCUT2D eigenvalue weighted by Gasteiger charge is -2.32. The van der Waals surface area contributed by atoms with Crippen LogP contribution in [0.5, 0.6) is 11.5 Å². The van der Waals surface area contributed by atoms with Crippen LogP contribution in [-0.2, 0) is 11.3 Å². The average Bonchev–Trinajstić information content (AvgIpc) is 2.71. The van der Waals surface area contributed by atoms with Crippen molar-refractivity contribution >= 4 is 34.8 Å². The summed E-state index contributed by atoms with van der Waals surface area (Å²) in [6.45, 7) is 2.37. The van der Waals surface area contributed by atoms with Gasteiger partial charge in [0.1, 0.15) is 11.5 Å². The second kappa shape index (κ2) is 9.50. The molecule has 0 saturated carbocycles. The number of rotatable bonds is 6. The van der Waals surface area contributed by atoms with Crippen molar-refractivity contribution in [3.05, 3.63) is 52.0 Å². The van der Waals surface area contributed by atoms with Gasteiger partial charge in [-0.3, -0.25) is 9.69 Å². The second-order valence-corrected chi connectivity index (χ2v) is 7.66. The van der Waals surface area contributed by atoms with E-state index in [0.717, 1.165) is 36.5 Å². The number of hydrogen-bond acceptors (Lipinski definition) is 4. The molecule has 150 valence electrons. The zero-order chi connectivity index (χ0) is 20.1. The van der Waals surface area contributed by atoms with Crippen LogP contribution in [0.3, 0.4) is 0 Å². The van der Waals surface area contributed by atoms with E-state index < -0.39 is 0 Å². The molecule has 2 aromatic carbocycles. The Labute approximate surface area is 175 Å². The van der Waals surface area contributed by atoms with Crippen molar-refractivity contribution < 1.29 is 14.3 Å². The van der Waals surface area contributed by atoms with Gasteiger partial charge < -0.3 is 14.8 Å². The molecule has 0 unspecified atom stereocenters. The van der Waals surface area contributed by atoms with E-state index in [-0.39, 0.29) is 11.8 Å². The van der Waals surface area contributed by atoms with Gasteiger partial charge in [0.05, 0.1) is 30.8 Å². The average molecular weight is 423 g/mol. The highest BCUT2D eigenvalue weighted by Crippen LogP contribution is 2.36. The van der Waals surface area contributed by atoms with Crippen molar-refractivity contribution in [3.63, 3.8) is 0 Å². The van der Waals surface area contributed by atoms with Gasteiger partial charge in [-0.1, -0.05) is 41.4 Å². The summed E-state index contributed by atoms with van der Waals surface area (Å²) in [5.74, 6) is 0.846. The summed E-state index contributed by atoms with van der Waals surface area (Å²) in [6.07, 6.45) is 1.81. The van der Waals surface area contributed by atoms with Gasteiger partial charge in [-0.05, 0) is 31.0 Å². The summed E-state index contributed by atoms with van der Waals surface area (Å²) >= 11 is 12.4. The van der Waals surface area contributed by atoms with Crippen molar-refractivity contribution in [1.82, 2.24) is 4.90 Å². The molecule has 3 rings (SSSR count). The molecule has 0 aromatic heterocycles. The summed E-state index contributed by atoms with van der Waals surface area (Å²) in [5, 5.41) is 4.16. The zero-order valence-corrected chi connectivity index (χ0v) is 17.5. The first kappa shape index (κ1) is 20.8. The molecule has 0 spiro atoms. The molecule has 1 saturated heterocycles. The first-order valence-electron chi connectivity index (χ1n) is 9.20.